The molecule has 1 aliphatic rings. The van der Waals surface area contributed by atoms with Crippen molar-refractivity contribution in [2.24, 2.45) is 11.8 Å². The summed E-state index contributed by atoms with van der Waals surface area (Å²) in [4.78, 5) is 24.1. The Morgan fingerprint density at radius 1 is 1.28 bits per heavy atom. The van der Waals surface area contributed by atoms with Crippen molar-refractivity contribution < 1.29 is 14.7 Å². The van der Waals surface area contributed by atoms with Crippen LogP contribution in [0.25, 0.3) is 0 Å². The van der Waals surface area contributed by atoms with Crippen molar-refractivity contribution >= 4 is 11.9 Å². The second-order valence-corrected chi connectivity index (χ2v) is 5.42. The highest BCUT2D eigenvalue weighted by molar-refractivity contribution is 5.80. The fraction of sp³-hybridized carbons (Fsp3) is 0.846. The molecule has 0 radical (unpaired) electrons. The Hall–Kier alpha value is -1.10. The molecule has 1 fully saturated rings. The van der Waals surface area contributed by atoms with Gasteiger partial charge < -0.3 is 15.3 Å². The molecular weight excluding hydrogens is 232 g/mol. The van der Waals surface area contributed by atoms with E-state index >= 15 is 0 Å². The number of hydrogen-bond donors (Lipinski definition) is 2. The van der Waals surface area contributed by atoms with Gasteiger partial charge in [-0.05, 0) is 45.1 Å². The molecule has 0 heterocycles. The van der Waals surface area contributed by atoms with E-state index in [0.717, 1.165) is 32.2 Å². The number of nitrogens with zero attached hydrogens (tertiary/aromatic N) is 1. The van der Waals surface area contributed by atoms with Crippen LogP contribution in [-0.4, -0.2) is 48.6 Å². The molecule has 0 spiro atoms. The summed E-state index contributed by atoms with van der Waals surface area (Å²) in [6.07, 6.45) is 3.40. The second kappa shape index (κ2) is 6.73. The van der Waals surface area contributed by atoms with Gasteiger partial charge >= 0.3 is 5.97 Å². The maximum absolute atomic E-state index is 11.6. The van der Waals surface area contributed by atoms with Crippen LogP contribution in [0.2, 0.25) is 0 Å². The van der Waals surface area contributed by atoms with Crippen LogP contribution >= 0.6 is 0 Å². The van der Waals surface area contributed by atoms with E-state index < -0.39 is 5.97 Å². The molecule has 18 heavy (non-hydrogen) atoms. The summed E-state index contributed by atoms with van der Waals surface area (Å²) in [5.41, 5.74) is 0. The predicted molar refractivity (Wildman–Crippen MR) is 69.2 cm³/mol. The third kappa shape index (κ3) is 4.29. The number of aliphatic carboxylic acids is 1. The van der Waals surface area contributed by atoms with E-state index in [-0.39, 0.29) is 17.9 Å². The SMILES string of the molecule is CC(NCC1CCC(C(=O)O)CC1)C(=O)N(C)C. The lowest BCUT2D eigenvalue weighted by molar-refractivity contribution is -0.143. The van der Waals surface area contributed by atoms with Crippen molar-refractivity contribution in [1.82, 2.24) is 10.2 Å². The van der Waals surface area contributed by atoms with Gasteiger partial charge in [-0.1, -0.05) is 0 Å². The molecule has 2 N–H and O–H groups in total. The molecule has 0 aliphatic heterocycles. The quantitative estimate of drug-likeness (QED) is 0.768. The van der Waals surface area contributed by atoms with Gasteiger partial charge in [-0.2, -0.15) is 0 Å². The third-order valence-electron chi connectivity index (χ3n) is 3.72. The van der Waals surface area contributed by atoms with Crippen LogP contribution in [0.5, 0.6) is 0 Å². The number of hydrogen-bond acceptors (Lipinski definition) is 3. The lowest BCUT2D eigenvalue weighted by atomic mass is 9.82. The molecule has 1 aliphatic carbocycles. The summed E-state index contributed by atoms with van der Waals surface area (Å²) in [5.74, 6) is -0.258. The first-order chi connectivity index (χ1) is 8.41. The van der Waals surface area contributed by atoms with Crippen molar-refractivity contribution in [3.8, 4) is 0 Å². The molecule has 1 amide bonds. The van der Waals surface area contributed by atoms with Crippen molar-refractivity contribution in [2.75, 3.05) is 20.6 Å². The van der Waals surface area contributed by atoms with Crippen LogP contribution in [-0.2, 0) is 9.59 Å². The summed E-state index contributed by atoms with van der Waals surface area (Å²) in [5, 5.41) is 12.1. The maximum Gasteiger partial charge on any atom is 0.306 e. The summed E-state index contributed by atoms with van der Waals surface area (Å²) < 4.78 is 0. The molecule has 1 rings (SSSR count). The number of rotatable bonds is 5. The van der Waals surface area contributed by atoms with E-state index in [2.05, 4.69) is 5.32 Å². The van der Waals surface area contributed by atoms with E-state index in [1.54, 1.807) is 19.0 Å². The molecule has 1 unspecified atom stereocenters. The van der Waals surface area contributed by atoms with Gasteiger partial charge in [-0.15, -0.1) is 0 Å². The van der Waals surface area contributed by atoms with Gasteiger partial charge in [0.25, 0.3) is 0 Å². The Morgan fingerprint density at radius 2 is 1.83 bits per heavy atom. The van der Waals surface area contributed by atoms with Gasteiger partial charge in [0.05, 0.1) is 12.0 Å². The maximum atomic E-state index is 11.6. The Labute approximate surface area is 109 Å². The number of carbonyl (C=O) groups is 2. The zero-order valence-corrected chi connectivity index (χ0v) is 11.5. The predicted octanol–water partition coefficient (Wildman–Crippen LogP) is 0.944. The van der Waals surface area contributed by atoms with Crippen molar-refractivity contribution in [2.45, 2.75) is 38.6 Å². The second-order valence-electron chi connectivity index (χ2n) is 5.42. The Bertz CT molecular complexity index is 297. The fourth-order valence-corrected chi connectivity index (χ4v) is 2.43. The zero-order chi connectivity index (χ0) is 13.7. The molecule has 5 heteroatoms. The average Bonchev–Trinajstić information content (AvgIpc) is 2.35. The Morgan fingerprint density at radius 3 is 2.28 bits per heavy atom. The summed E-state index contributed by atoms with van der Waals surface area (Å²) in [7, 11) is 3.50. The van der Waals surface area contributed by atoms with Crippen molar-refractivity contribution in [1.29, 1.82) is 0 Å². The van der Waals surface area contributed by atoms with Gasteiger partial charge in [-0.3, -0.25) is 9.59 Å². The molecule has 0 bridgehead atoms. The van der Waals surface area contributed by atoms with E-state index in [1.165, 1.54) is 0 Å². The van der Waals surface area contributed by atoms with Gasteiger partial charge in [0.2, 0.25) is 5.91 Å². The minimum atomic E-state index is -0.669. The summed E-state index contributed by atoms with van der Waals surface area (Å²) in [6.45, 7) is 2.66. The number of amides is 1. The fourth-order valence-electron chi connectivity index (χ4n) is 2.43. The Kier molecular flexibility index (Phi) is 5.59. The minimum Gasteiger partial charge on any atom is -0.481 e. The molecule has 0 aromatic rings. The number of nitrogens with one attached hydrogen (secondary N) is 1. The Balaban J connectivity index is 2.26. The lowest BCUT2D eigenvalue weighted by Gasteiger charge is -2.27. The van der Waals surface area contributed by atoms with E-state index in [9.17, 15) is 9.59 Å². The van der Waals surface area contributed by atoms with Gasteiger partial charge in [0.1, 0.15) is 0 Å². The molecule has 0 aromatic heterocycles. The first kappa shape index (κ1) is 15.0. The molecule has 104 valence electrons. The molecule has 1 atom stereocenters. The number of carboxylic acids is 1. The molecule has 1 saturated carbocycles. The van der Waals surface area contributed by atoms with Crippen LogP contribution in [0.4, 0.5) is 0 Å². The summed E-state index contributed by atoms with van der Waals surface area (Å²) in [6, 6.07) is -0.169. The standard InChI is InChI=1S/C13H24N2O3/c1-9(12(16)15(2)3)14-8-10-4-6-11(7-5-10)13(17)18/h9-11,14H,4-8H2,1-3H3,(H,17,18). The highest BCUT2D eigenvalue weighted by Crippen LogP contribution is 2.28. The molecule has 5 nitrogen and oxygen atoms in total. The van der Waals surface area contributed by atoms with Crippen LogP contribution in [0.15, 0.2) is 0 Å². The van der Waals surface area contributed by atoms with Crippen LogP contribution in [0.1, 0.15) is 32.6 Å². The van der Waals surface area contributed by atoms with Crippen LogP contribution in [0.3, 0.4) is 0 Å². The average molecular weight is 256 g/mol. The number of carboxylic acid groups (broad SMARTS) is 1. The molecular formula is C13H24N2O3. The molecule has 0 aromatic carbocycles. The highest BCUT2D eigenvalue weighted by Gasteiger charge is 2.26. The number of likely N-dealkylation sites (N-methyl/N-ethyl adjacent to an activating group) is 1. The van der Waals surface area contributed by atoms with Gasteiger partial charge in [-0.25, -0.2) is 0 Å². The normalized spacial score (nSPS) is 25.5. The monoisotopic (exact) mass is 256 g/mol. The minimum absolute atomic E-state index is 0.0780. The highest BCUT2D eigenvalue weighted by atomic mass is 16.4. The van der Waals surface area contributed by atoms with E-state index in [0.29, 0.717) is 5.92 Å². The van der Waals surface area contributed by atoms with E-state index in [1.807, 2.05) is 6.92 Å². The topological polar surface area (TPSA) is 69.6 Å². The zero-order valence-electron chi connectivity index (χ0n) is 11.5. The number of carbonyl (C=O) groups excluding carboxylic acids is 1. The molecule has 0 saturated heterocycles. The van der Waals surface area contributed by atoms with Gasteiger partial charge in [0, 0.05) is 14.1 Å². The summed E-state index contributed by atoms with van der Waals surface area (Å²) >= 11 is 0. The third-order valence-corrected chi connectivity index (χ3v) is 3.72. The first-order valence-electron chi connectivity index (χ1n) is 6.59. The van der Waals surface area contributed by atoms with Crippen LogP contribution < -0.4 is 5.32 Å². The van der Waals surface area contributed by atoms with E-state index in [4.69, 9.17) is 5.11 Å². The largest absolute Gasteiger partial charge is 0.481 e. The first-order valence-corrected chi connectivity index (χ1v) is 6.59. The smallest absolute Gasteiger partial charge is 0.306 e. The van der Waals surface area contributed by atoms with Crippen LogP contribution in [0, 0.1) is 11.8 Å². The van der Waals surface area contributed by atoms with Crippen molar-refractivity contribution in [3.63, 3.8) is 0 Å². The van der Waals surface area contributed by atoms with Gasteiger partial charge in [0.15, 0.2) is 0 Å². The lowest BCUT2D eigenvalue weighted by Crippen LogP contribution is -2.43. The van der Waals surface area contributed by atoms with Crippen molar-refractivity contribution in [3.05, 3.63) is 0 Å².